The second-order valence-electron chi connectivity index (χ2n) is 16.6. The molecule has 0 spiro atoms. The van der Waals surface area contributed by atoms with Crippen LogP contribution in [0.25, 0.3) is 6.08 Å². The lowest BCUT2D eigenvalue weighted by Gasteiger charge is -2.05. The first-order valence-corrected chi connectivity index (χ1v) is 23.1. The fraction of sp³-hybridized carbons (Fsp3) is 0.0556. The van der Waals surface area contributed by atoms with Crippen molar-refractivity contribution < 1.29 is 177 Å². The molecule has 0 aliphatic heterocycles. The fourth-order valence-corrected chi connectivity index (χ4v) is 5.93. The minimum atomic E-state index is -1.65. The van der Waals surface area contributed by atoms with Crippen LogP contribution < -0.4 is 0 Å². The molecule has 0 radical (unpaired) electrons. The smallest absolute Gasteiger partial charge is 0.343 e. The first-order chi connectivity index (χ1) is 41.1. The van der Waals surface area contributed by atoms with Crippen LogP contribution in [-0.2, 0) is 27.2 Å². The molecule has 0 fully saturated rings. The Morgan fingerprint density at radius 3 is 1.11 bits per heavy atom. The van der Waals surface area contributed by atoms with Gasteiger partial charge in [0.25, 0.3) is 0 Å². The van der Waals surface area contributed by atoms with Gasteiger partial charge >= 0.3 is 41.8 Å². The molecule has 0 saturated heterocycles. The molecule has 35 heteroatoms. The molecule has 0 aromatic heterocycles. The molecule has 0 heterocycles. The number of hydrogen-bond donors (Lipinski definition) is 28. The summed E-state index contributed by atoms with van der Waals surface area (Å²) in [5, 5.41) is 246. The maximum Gasteiger partial charge on any atom is 0.343 e. The van der Waals surface area contributed by atoms with Crippen LogP contribution in [0.2, 0.25) is 0 Å². The van der Waals surface area contributed by atoms with E-state index in [0.717, 1.165) is 18.2 Å². The van der Waals surface area contributed by atoms with E-state index in [2.05, 4.69) is 0 Å². The van der Waals surface area contributed by atoms with E-state index in [4.69, 9.17) is 143 Å². The molecule has 0 unspecified atom stereocenters. The van der Waals surface area contributed by atoms with Crippen molar-refractivity contribution in [3.63, 3.8) is 0 Å². The van der Waals surface area contributed by atoms with Crippen molar-refractivity contribution in [2.45, 2.75) is 19.3 Å². The normalized spacial score (nSPS) is 9.89. The summed E-state index contributed by atoms with van der Waals surface area (Å²) in [7, 11) is 0. The maximum atomic E-state index is 10.4. The molecule has 7 rings (SSSR count). The van der Waals surface area contributed by atoms with Crippen molar-refractivity contribution in [3.05, 3.63) is 130 Å². The third-order valence-corrected chi connectivity index (χ3v) is 10.1. The minimum absolute atomic E-state index is 0.0181. The first kappa shape index (κ1) is 73.4. The highest BCUT2D eigenvalue weighted by atomic mass is 16.4. The van der Waals surface area contributed by atoms with Gasteiger partial charge in [0.05, 0.1) is 6.42 Å². The van der Waals surface area contributed by atoms with Gasteiger partial charge in [-0.3, -0.25) is 9.59 Å². The van der Waals surface area contributed by atoms with Crippen molar-refractivity contribution in [3.8, 4) is 121 Å². The Morgan fingerprint density at radius 2 is 0.697 bits per heavy atom. The van der Waals surface area contributed by atoms with E-state index in [9.17, 15) is 33.6 Å². The Balaban J connectivity index is 0.000000519. The molecule has 35 nitrogen and oxygen atoms in total. The zero-order chi connectivity index (χ0) is 68.6. The zero-order valence-electron chi connectivity index (χ0n) is 44.2. The van der Waals surface area contributed by atoms with Gasteiger partial charge in [-0.1, -0.05) is 18.2 Å². The number of aryl methyl sites for hydroxylation is 1. The Labute approximate surface area is 493 Å². The lowest BCUT2D eigenvalue weighted by molar-refractivity contribution is -0.137. The number of hydrogen-bond acceptors (Lipinski definition) is 28. The molecular weight excluding hydrogens is 1210 g/mol. The minimum Gasteiger partial charge on any atom is -0.508 e. The Morgan fingerprint density at radius 1 is 0.303 bits per heavy atom. The summed E-state index contributed by atoms with van der Waals surface area (Å²) in [4.78, 5) is 72.1. The van der Waals surface area contributed by atoms with Crippen molar-refractivity contribution in [2.75, 3.05) is 0 Å². The number of phenols is 21. The summed E-state index contributed by atoms with van der Waals surface area (Å²) in [5.74, 6) is -23.4. The van der Waals surface area contributed by atoms with E-state index in [1.54, 1.807) is 6.07 Å². The predicted octanol–water partition coefficient (Wildman–Crippen LogP) is 4.16. The third kappa shape index (κ3) is 22.6. The topological polar surface area (TPSA) is 686 Å². The van der Waals surface area contributed by atoms with Gasteiger partial charge < -0.3 is 143 Å². The number of rotatable bonds is 11. The number of benzene rings is 7. The van der Waals surface area contributed by atoms with Gasteiger partial charge in [-0.25, -0.2) is 24.0 Å². The highest BCUT2D eigenvalue weighted by Gasteiger charge is 2.24. The van der Waals surface area contributed by atoms with Gasteiger partial charge in [-0.15, -0.1) is 0 Å². The summed E-state index contributed by atoms with van der Waals surface area (Å²) >= 11 is 0. The fourth-order valence-electron chi connectivity index (χ4n) is 5.93. The van der Waals surface area contributed by atoms with Gasteiger partial charge in [-0.2, -0.15) is 0 Å². The monoisotopic (exact) mass is 1260 g/mol. The van der Waals surface area contributed by atoms with Crippen LogP contribution in [0, 0.1) is 0 Å². The average Bonchev–Trinajstić information content (AvgIpc) is 1.59. The van der Waals surface area contributed by atoms with Crippen LogP contribution in [0.4, 0.5) is 0 Å². The van der Waals surface area contributed by atoms with Crippen LogP contribution in [-0.4, -0.2) is 185 Å². The number of carbonyl (C=O) groups is 7. The van der Waals surface area contributed by atoms with Gasteiger partial charge in [0.15, 0.2) is 86.1 Å². The van der Waals surface area contributed by atoms with Crippen LogP contribution in [0.5, 0.6) is 121 Å². The summed E-state index contributed by atoms with van der Waals surface area (Å²) in [6, 6.07) is 15.8. The van der Waals surface area contributed by atoms with E-state index in [1.165, 1.54) is 54.6 Å². The molecule has 7 aromatic carbocycles. The van der Waals surface area contributed by atoms with Crippen molar-refractivity contribution in [1.29, 1.82) is 0 Å². The van der Waals surface area contributed by atoms with Crippen LogP contribution in [0.15, 0.2) is 91.0 Å². The van der Waals surface area contributed by atoms with E-state index >= 15 is 0 Å². The number of carboxylic acids is 7. The molecule has 0 aliphatic rings. The molecule has 89 heavy (non-hydrogen) atoms. The molecule has 0 atom stereocenters. The van der Waals surface area contributed by atoms with Crippen molar-refractivity contribution in [1.82, 2.24) is 0 Å². The van der Waals surface area contributed by atoms with Crippen LogP contribution in [0.3, 0.4) is 0 Å². The standard InChI is InChI=1S/C9H10O4.C9H8O4.C8H8O4.3C7H6O6.C7H6O5/c2*10-7-3-1-6(5-8(7)11)2-4-9(12)13;9-6-2-1-5(3-7(6)10)4-8(11)12;8-2-1-3(9)6(11)4(5(2)10)7(12)13;8-2-1-3(9)5(10)6(11)4(2)7(12)13;8-3-1-2(7(12)13)4(9)6(11)5(3)10;8-3-1-4(9)6(7(11)12)5(10)2-3/h1,3,5,10-11H,2,4H2,(H,12,13);1-5,10-11H,(H,12,13);1-3,9-10H,4H2,(H,11,12);3*1,8-11H,(H,12,13);1-2,8-10H,(H,11,12)/b;4-2+;;;;;. The van der Waals surface area contributed by atoms with Crippen LogP contribution in [0.1, 0.15) is 64.5 Å². The molecule has 0 amide bonds. The molecule has 0 aliphatic carbocycles. The molecule has 476 valence electrons. The lowest BCUT2D eigenvalue weighted by atomic mass is 10.1. The molecule has 28 N–H and O–H groups in total. The van der Waals surface area contributed by atoms with Gasteiger partial charge in [-0.05, 0) is 65.6 Å². The Kier molecular flexibility index (Phi) is 27.1. The SMILES string of the molecule is O=C(O)/C=C/c1ccc(O)c(O)c1.O=C(O)CCc1ccc(O)c(O)c1.O=C(O)Cc1ccc(O)c(O)c1.O=C(O)c1c(O)c(O)cc(O)c1O.O=C(O)c1c(O)cc(O)c(O)c1O.O=C(O)c1c(O)cc(O)cc1O.O=C(O)c1cc(O)c(O)c(O)c1O. The number of aliphatic carboxylic acids is 3. The number of carboxylic acid groups (broad SMARTS) is 7. The molecule has 7 aromatic rings. The quantitative estimate of drug-likeness (QED) is 0.0491. The second kappa shape index (κ2) is 32.9. The van der Waals surface area contributed by atoms with E-state index < -0.39 is 150 Å². The predicted molar refractivity (Wildman–Crippen MR) is 292 cm³/mol. The molecule has 0 bridgehead atoms. The second-order valence-corrected chi connectivity index (χ2v) is 16.6. The highest BCUT2D eigenvalue weighted by molar-refractivity contribution is 5.97. The highest BCUT2D eigenvalue weighted by Crippen LogP contribution is 2.45. The van der Waals surface area contributed by atoms with Gasteiger partial charge in [0.2, 0.25) is 17.2 Å². The average molecular weight is 1260 g/mol. The summed E-state index contributed by atoms with van der Waals surface area (Å²) in [5.41, 5.74) is -1.43. The third-order valence-electron chi connectivity index (χ3n) is 10.1. The van der Waals surface area contributed by atoms with Gasteiger partial charge in [0, 0.05) is 42.8 Å². The Bertz CT molecular complexity index is 3740. The lowest BCUT2D eigenvalue weighted by Crippen LogP contribution is -1.99. The van der Waals surface area contributed by atoms with E-state index in [-0.39, 0.29) is 47.3 Å². The number of aromatic carboxylic acids is 4. The number of phenolic OH excluding ortho intramolecular Hbond substituents is 14. The number of aromatic hydroxyl groups is 21. The van der Waals surface area contributed by atoms with Crippen LogP contribution >= 0.6 is 0 Å². The largest absolute Gasteiger partial charge is 0.508 e. The van der Waals surface area contributed by atoms with Crippen molar-refractivity contribution >= 4 is 47.9 Å². The van der Waals surface area contributed by atoms with Crippen molar-refractivity contribution in [2.24, 2.45) is 0 Å². The van der Waals surface area contributed by atoms with E-state index in [0.29, 0.717) is 41.3 Å². The first-order valence-electron chi connectivity index (χ1n) is 23.1. The molecule has 0 saturated carbocycles. The Hall–Kier alpha value is -13.6. The summed E-state index contributed by atoms with van der Waals surface area (Å²) in [6.07, 6.45) is 2.48. The summed E-state index contributed by atoms with van der Waals surface area (Å²) < 4.78 is 0. The van der Waals surface area contributed by atoms with Gasteiger partial charge in [0.1, 0.15) is 39.7 Å². The van der Waals surface area contributed by atoms with E-state index in [1.807, 2.05) is 0 Å². The maximum absolute atomic E-state index is 10.4. The summed E-state index contributed by atoms with van der Waals surface area (Å²) in [6.45, 7) is 0. The zero-order valence-corrected chi connectivity index (χ0v) is 44.2. The molecular formula is C54H50O35.